The van der Waals surface area contributed by atoms with Gasteiger partial charge in [0.15, 0.2) is 0 Å². The standard InChI is InChI=1S/C17H12F3N5O3S/c1-10(23-24-14-8-12(6-7-21-14)17(18,19)20)11-2-4-13(5-3-11)28-16-22-9-15(29-16)25(26)27/h2-9H,1H3,(H,21,24)/b23-10-. The zero-order chi connectivity index (χ0) is 21.0. The van der Waals surface area contributed by atoms with Crippen molar-refractivity contribution in [3.05, 3.63) is 70.0 Å². The fourth-order valence-corrected chi connectivity index (χ4v) is 2.72. The third-order valence-corrected chi connectivity index (χ3v) is 4.38. The fraction of sp³-hybridized carbons (Fsp3) is 0.118. The van der Waals surface area contributed by atoms with Gasteiger partial charge in [0.2, 0.25) is 0 Å². The maximum absolute atomic E-state index is 12.7. The lowest BCUT2D eigenvalue weighted by atomic mass is 10.1. The molecule has 0 saturated carbocycles. The minimum absolute atomic E-state index is 0.0375. The van der Waals surface area contributed by atoms with Crippen molar-refractivity contribution in [2.24, 2.45) is 5.10 Å². The molecule has 0 spiro atoms. The Bertz CT molecular complexity index is 1050. The molecule has 0 unspecified atom stereocenters. The van der Waals surface area contributed by atoms with Crippen molar-refractivity contribution in [2.75, 3.05) is 5.43 Å². The van der Waals surface area contributed by atoms with Gasteiger partial charge in [0.25, 0.3) is 5.19 Å². The minimum Gasteiger partial charge on any atom is -0.431 e. The number of thiazole rings is 1. The Morgan fingerprint density at radius 3 is 2.59 bits per heavy atom. The monoisotopic (exact) mass is 423 g/mol. The summed E-state index contributed by atoms with van der Waals surface area (Å²) >= 11 is 0.802. The van der Waals surface area contributed by atoms with Crippen molar-refractivity contribution in [3.63, 3.8) is 0 Å². The van der Waals surface area contributed by atoms with Gasteiger partial charge in [-0.25, -0.2) is 9.97 Å². The summed E-state index contributed by atoms with van der Waals surface area (Å²) in [6.07, 6.45) is -2.31. The van der Waals surface area contributed by atoms with Crippen LogP contribution in [-0.4, -0.2) is 20.6 Å². The SMILES string of the molecule is C/C(=N/Nc1cc(C(F)(F)F)ccn1)c1ccc(Oc2ncc([N+](=O)[O-])s2)cc1. The number of alkyl halides is 3. The van der Waals surface area contributed by atoms with E-state index in [1.54, 1.807) is 31.2 Å². The molecule has 0 saturated heterocycles. The highest BCUT2D eigenvalue weighted by atomic mass is 32.1. The highest BCUT2D eigenvalue weighted by Crippen LogP contribution is 2.31. The summed E-state index contributed by atoms with van der Waals surface area (Å²) in [6, 6.07) is 8.32. The number of nitro groups is 1. The van der Waals surface area contributed by atoms with Gasteiger partial charge in [0, 0.05) is 6.20 Å². The summed E-state index contributed by atoms with van der Waals surface area (Å²) in [7, 11) is 0. The number of rotatable bonds is 6. The maximum Gasteiger partial charge on any atom is 0.416 e. The normalized spacial score (nSPS) is 11.9. The van der Waals surface area contributed by atoms with Gasteiger partial charge in [0.05, 0.1) is 16.2 Å². The molecule has 0 fully saturated rings. The van der Waals surface area contributed by atoms with E-state index in [4.69, 9.17) is 4.74 Å². The van der Waals surface area contributed by atoms with Gasteiger partial charge in [-0.05, 0) is 60.2 Å². The molecular weight excluding hydrogens is 411 g/mol. The van der Waals surface area contributed by atoms with Crippen LogP contribution in [0.1, 0.15) is 18.1 Å². The number of anilines is 1. The zero-order valence-electron chi connectivity index (χ0n) is 14.7. The third kappa shape index (κ3) is 5.25. The van der Waals surface area contributed by atoms with E-state index in [-0.39, 0.29) is 16.0 Å². The van der Waals surface area contributed by atoms with Crippen molar-refractivity contribution in [2.45, 2.75) is 13.1 Å². The summed E-state index contributed by atoms with van der Waals surface area (Å²) in [4.78, 5) is 17.7. The molecular formula is C17H12F3N5O3S. The molecule has 1 aromatic carbocycles. The van der Waals surface area contributed by atoms with Crippen molar-refractivity contribution in [3.8, 4) is 10.9 Å². The van der Waals surface area contributed by atoms with Crippen molar-refractivity contribution < 1.29 is 22.8 Å². The Labute approximate surface area is 165 Å². The minimum atomic E-state index is -4.47. The molecule has 2 heterocycles. The van der Waals surface area contributed by atoms with Crippen molar-refractivity contribution >= 4 is 27.9 Å². The van der Waals surface area contributed by atoms with Crippen LogP contribution in [0.25, 0.3) is 0 Å². The van der Waals surface area contributed by atoms with Crippen LogP contribution in [0.5, 0.6) is 10.9 Å². The molecule has 0 radical (unpaired) electrons. The van der Waals surface area contributed by atoms with E-state index in [0.717, 1.165) is 35.9 Å². The van der Waals surface area contributed by atoms with Crippen LogP contribution in [0.4, 0.5) is 24.0 Å². The van der Waals surface area contributed by atoms with Crippen molar-refractivity contribution in [1.82, 2.24) is 9.97 Å². The fourth-order valence-electron chi connectivity index (χ4n) is 2.12. The first-order valence-electron chi connectivity index (χ1n) is 7.94. The molecule has 150 valence electrons. The van der Waals surface area contributed by atoms with Gasteiger partial charge in [-0.15, -0.1) is 0 Å². The second-order valence-electron chi connectivity index (χ2n) is 5.58. The number of pyridine rings is 1. The van der Waals surface area contributed by atoms with Gasteiger partial charge in [-0.1, -0.05) is 0 Å². The largest absolute Gasteiger partial charge is 0.431 e. The quantitative estimate of drug-likeness (QED) is 0.336. The van der Waals surface area contributed by atoms with Crippen LogP contribution in [0.15, 0.2) is 53.9 Å². The van der Waals surface area contributed by atoms with E-state index in [1.165, 1.54) is 0 Å². The molecule has 0 aliphatic heterocycles. The number of benzene rings is 1. The molecule has 0 atom stereocenters. The Hall–Kier alpha value is -3.54. The summed E-state index contributed by atoms with van der Waals surface area (Å²) in [5.74, 6) is 0.378. The molecule has 0 aliphatic rings. The molecule has 3 rings (SSSR count). The maximum atomic E-state index is 12.7. The van der Waals surface area contributed by atoms with E-state index in [1.807, 2.05) is 0 Å². The Kier molecular flexibility index (Phi) is 5.73. The Morgan fingerprint density at radius 1 is 1.24 bits per heavy atom. The summed E-state index contributed by atoms with van der Waals surface area (Å²) in [6.45, 7) is 1.67. The highest BCUT2D eigenvalue weighted by molar-refractivity contribution is 7.16. The van der Waals surface area contributed by atoms with E-state index in [2.05, 4.69) is 20.5 Å². The van der Waals surface area contributed by atoms with Gasteiger partial charge in [0.1, 0.15) is 17.8 Å². The molecule has 0 bridgehead atoms. The molecule has 8 nitrogen and oxygen atoms in total. The first-order valence-corrected chi connectivity index (χ1v) is 8.76. The van der Waals surface area contributed by atoms with Crippen molar-refractivity contribution in [1.29, 1.82) is 0 Å². The summed E-state index contributed by atoms with van der Waals surface area (Å²) < 4.78 is 43.6. The number of nitrogens with one attached hydrogen (secondary N) is 1. The Morgan fingerprint density at radius 2 is 1.97 bits per heavy atom. The van der Waals surface area contributed by atoms with Gasteiger partial charge in [-0.2, -0.15) is 18.3 Å². The molecule has 0 aliphatic carbocycles. The van der Waals surface area contributed by atoms with Gasteiger partial charge < -0.3 is 4.74 Å². The first-order chi connectivity index (χ1) is 13.7. The molecule has 0 amide bonds. The predicted molar refractivity (Wildman–Crippen MR) is 100 cm³/mol. The van der Waals surface area contributed by atoms with E-state index >= 15 is 0 Å². The van der Waals surface area contributed by atoms with Crippen LogP contribution < -0.4 is 10.2 Å². The number of ether oxygens (including phenoxy) is 1. The number of hydrogen-bond donors (Lipinski definition) is 1. The van der Waals surface area contributed by atoms with Crippen LogP contribution in [-0.2, 0) is 6.18 Å². The molecule has 12 heteroatoms. The number of hydrazone groups is 1. The predicted octanol–water partition coefficient (Wildman–Crippen LogP) is 5.09. The van der Waals surface area contributed by atoms with E-state index < -0.39 is 16.7 Å². The third-order valence-electron chi connectivity index (χ3n) is 3.55. The molecule has 3 aromatic rings. The average Bonchev–Trinajstić information content (AvgIpc) is 3.15. The molecule has 1 N–H and O–H groups in total. The van der Waals surface area contributed by atoms with Crippen LogP contribution in [0.2, 0.25) is 0 Å². The number of aromatic nitrogens is 2. The highest BCUT2D eigenvalue weighted by Gasteiger charge is 2.30. The first kappa shape index (κ1) is 20.2. The number of nitrogens with zero attached hydrogens (tertiary/aromatic N) is 4. The number of halogens is 3. The van der Waals surface area contributed by atoms with Crippen LogP contribution >= 0.6 is 11.3 Å². The zero-order valence-corrected chi connectivity index (χ0v) is 15.5. The average molecular weight is 423 g/mol. The van der Waals surface area contributed by atoms with Crippen LogP contribution in [0, 0.1) is 10.1 Å². The second kappa shape index (κ2) is 8.22. The lowest BCUT2D eigenvalue weighted by molar-refractivity contribution is -0.380. The van der Waals surface area contributed by atoms with E-state index in [9.17, 15) is 23.3 Å². The Balaban J connectivity index is 1.66. The van der Waals surface area contributed by atoms with Gasteiger partial charge in [-0.3, -0.25) is 15.5 Å². The van der Waals surface area contributed by atoms with E-state index in [0.29, 0.717) is 17.0 Å². The second-order valence-corrected chi connectivity index (χ2v) is 6.56. The van der Waals surface area contributed by atoms with Crippen LogP contribution in [0.3, 0.4) is 0 Å². The molecule has 2 aromatic heterocycles. The lowest BCUT2D eigenvalue weighted by Crippen LogP contribution is -2.06. The molecule has 29 heavy (non-hydrogen) atoms. The lowest BCUT2D eigenvalue weighted by Gasteiger charge is -2.08. The van der Waals surface area contributed by atoms with Gasteiger partial charge >= 0.3 is 11.2 Å². The summed E-state index contributed by atoms with van der Waals surface area (Å²) in [5, 5.41) is 14.7. The number of hydrogen-bond acceptors (Lipinski definition) is 8. The summed E-state index contributed by atoms with van der Waals surface area (Å²) in [5.41, 5.74) is 2.85. The topological polar surface area (TPSA) is 103 Å². The smallest absolute Gasteiger partial charge is 0.416 e.